The van der Waals surface area contributed by atoms with Crippen molar-refractivity contribution in [3.05, 3.63) is 0 Å². The third-order valence-corrected chi connectivity index (χ3v) is 3.46. The van der Waals surface area contributed by atoms with Crippen LogP contribution in [-0.2, 0) is 14.3 Å². The molecule has 0 aromatic rings. The molecule has 1 unspecified atom stereocenters. The van der Waals surface area contributed by atoms with Crippen LogP contribution in [0.25, 0.3) is 0 Å². The zero-order chi connectivity index (χ0) is 14.8. The van der Waals surface area contributed by atoms with Crippen LogP contribution in [0.5, 0.6) is 0 Å². The van der Waals surface area contributed by atoms with E-state index in [1.54, 1.807) is 4.90 Å². The first-order chi connectivity index (χ1) is 9.65. The summed E-state index contributed by atoms with van der Waals surface area (Å²) in [5.74, 6) is -0.961. The van der Waals surface area contributed by atoms with Gasteiger partial charge in [0.25, 0.3) is 0 Å². The number of rotatable bonds is 9. The average molecular weight is 286 g/mol. The Kier molecular flexibility index (Phi) is 8.22. The van der Waals surface area contributed by atoms with Crippen LogP contribution in [0.1, 0.15) is 39.0 Å². The molecular weight excluding hydrogens is 260 g/mol. The van der Waals surface area contributed by atoms with Gasteiger partial charge < -0.3 is 15.2 Å². The van der Waals surface area contributed by atoms with Gasteiger partial charge in [-0.05, 0) is 25.8 Å². The van der Waals surface area contributed by atoms with Crippen LogP contribution >= 0.6 is 0 Å². The molecule has 1 heterocycles. The second-order valence-corrected chi connectivity index (χ2v) is 5.14. The first-order valence-electron chi connectivity index (χ1n) is 7.46. The largest absolute Gasteiger partial charge is 0.480 e. The quantitative estimate of drug-likeness (QED) is 0.615. The summed E-state index contributed by atoms with van der Waals surface area (Å²) in [7, 11) is 0. The van der Waals surface area contributed by atoms with Crippen molar-refractivity contribution < 1.29 is 19.4 Å². The Balaban J connectivity index is 2.18. The molecule has 1 fully saturated rings. The second kappa shape index (κ2) is 9.72. The zero-order valence-electron chi connectivity index (χ0n) is 12.3. The molecule has 1 atom stereocenters. The third-order valence-electron chi connectivity index (χ3n) is 3.46. The Bertz CT molecular complexity index is 310. The summed E-state index contributed by atoms with van der Waals surface area (Å²) in [6.07, 6.45) is 4.63. The first-order valence-corrected chi connectivity index (χ1v) is 7.46. The Hall–Kier alpha value is -1.14. The number of aliphatic carboxylic acids is 1. The Morgan fingerprint density at radius 3 is 2.85 bits per heavy atom. The van der Waals surface area contributed by atoms with Gasteiger partial charge in [0.15, 0.2) is 0 Å². The number of carbonyl (C=O) groups is 2. The highest BCUT2D eigenvalue weighted by Gasteiger charge is 2.29. The van der Waals surface area contributed by atoms with Gasteiger partial charge in [-0.15, -0.1) is 0 Å². The summed E-state index contributed by atoms with van der Waals surface area (Å²) in [6.45, 7) is 4.65. The van der Waals surface area contributed by atoms with Crippen molar-refractivity contribution in [2.45, 2.75) is 45.1 Å². The molecule has 1 saturated heterocycles. The number of nitrogens with zero attached hydrogens (tertiary/aromatic N) is 1. The highest BCUT2D eigenvalue weighted by Crippen LogP contribution is 2.16. The van der Waals surface area contributed by atoms with Crippen LogP contribution in [0.3, 0.4) is 0 Å². The molecule has 0 aromatic carbocycles. The molecule has 1 rings (SSSR count). The van der Waals surface area contributed by atoms with E-state index < -0.39 is 12.0 Å². The van der Waals surface area contributed by atoms with Crippen LogP contribution in [-0.4, -0.2) is 60.8 Å². The number of unbranched alkanes of at least 4 members (excludes halogenated alkanes) is 1. The lowest BCUT2D eigenvalue weighted by atomic mass is 10.0. The minimum Gasteiger partial charge on any atom is -0.480 e. The highest BCUT2D eigenvalue weighted by atomic mass is 16.5. The number of carboxylic acid groups (broad SMARTS) is 1. The molecular formula is C14H26N2O4. The fourth-order valence-corrected chi connectivity index (χ4v) is 2.31. The lowest BCUT2D eigenvalue weighted by Gasteiger charge is -2.32. The van der Waals surface area contributed by atoms with Crippen LogP contribution in [0.4, 0.5) is 0 Å². The summed E-state index contributed by atoms with van der Waals surface area (Å²) < 4.78 is 5.35. The van der Waals surface area contributed by atoms with Gasteiger partial charge in [-0.3, -0.25) is 14.5 Å². The predicted molar refractivity (Wildman–Crippen MR) is 75.6 cm³/mol. The molecule has 116 valence electrons. The van der Waals surface area contributed by atoms with E-state index in [0.717, 1.165) is 32.3 Å². The van der Waals surface area contributed by atoms with Gasteiger partial charge in [-0.2, -0.15) is 0 Å². The Morgan fingerprint density at radius 2 is 2.15 bits per heavy atom. The van der Waals surface area contributed by atoms with Crippen LogP contribution in [0, 0.1) is 0 Å². The van der Waals surface area contributed by atoms with Crippen molar-refractivity contribution in [2.24, 2.45) is 0 Å². The van der Waals surface area contributed by atoms with Gasteiger partial charge in [0, 0.05) is 13.2 Å². The van der Waals surface area contributed by atoms with Gasteiger partial charge in [0.05, 0.1) is 13.2 Å². The second-order valence-electron chi connectivity index (χ2n) is 5.14. The predicted octanol–water partition coefficient (Wildman–Crippen LogP) is 0.858. The molecule has 0 aromatic heterocycles. The number of hydrogen-bond acceptors (Lipinski definition) is 4. The third kappa shape index (κ3) is 6.34. The fourth-order valence-electron chi connectivity index (χ4n) is 2.31. The van der Waals surface area contributed by atoms with Gasteiger partial charge in [0.1, 0.15) is 6.04 Å². The molecule has 1 amide bonds. The zero-order valence-corrected chi connectivity index (χ0v) is 12.3. The van der Waals surface area contributed by atoms with E-state index in [9.17, 15) is 9.59 Å². The van der Waals surface area contributed by atoms with Gasteiger partial charge >= 0.3 is 5.97 Å². The molecule has 1 aliphatic rings. The van der Waals surface area contributed by atoms with E-state index in [2.05, 4.69) is 12.2 Å². The van der Waals surface area contributed by atoms with Crippen molar-refractivity contribution in [3.63, 3.8) is 0 Å². The summed E-state index contributed by atoms with van der Waals surface area (Å²) in [5.41, 5.74) is 0. The number of carboxylic acids is 1. The fraction of sp³-hybridized carbons (Fsp3) is 0.857. The van der Waals surface area contributed by atoms with E-state index in [-0.39, 0.29) is 12.5 Å². The molecule has 0 bridgehead atoms. The number of ether oxygens (including phenoxy) is 1. The van der Waals surface area contributed by atoms with Crippen molar-refractivity contribution >= 4 is 11.9 Å². The maximum Gasteiger partial charge on any atom is 0.320 e. The van der Waals surface area contributed by atoms with E-state index in [1.807, 2.05) is 0 Å². The van der Waals surface area contributed by atoms with Gasteiger partial charge in [-0.25, -0.2) is 0 Å². The number of piperidine rings is 1. The standard InChI is InChI=1S/C14H26N2O4/c1-2-3-9-20-10-7-15-13(17)11-16-8-5-4-6-12(16)14(18)19/h12H,2-11H2,1H3,(H,15,17)(H,18,19). The number of nitrogens with one attached hydrogen (secondary N) is 1. The van der Waals surface area contributed by atoms with Crippen LogP contribution < -0.4 is 5.32 Å². The van der Waals surface area contributed by atoms with Crippen LogP contribution in [0.2, 0.25) is 0 Å². The molecule has 1 aliphatic heterocycles. The minimum atomic E-state index is -0.833. The van der Waals surface area contributed by atoms with E-state index in [0.29, 0.717) is 26.1 Å². The number of likely N-dealkylation sites (tertiary alicyclic amines) is 1. The van der Waals surface area contributed by atoms with Crippen molar-refractivity contribution in [3.8, 4) is 0 Å². The van der Waals surface area contributed by atoms with Gasteiger partial charge in [0.2, 0.25) is 5.91 Å². The highest BCUT2D eigenvalue weighted by molar-refractivity contribution is 5.80. The van der Waals surface area contributed by atoms with E-state index >= 15 is 0 Å². The summed E-state index contributed by atoms with van der Waals surface area (Å²) in [6, 6.07) is -0.518. The van der Waals surface area contributed by atoms with Crippen LogP contribution in [0.15, 0.2) is 0 Å². The Labute approximate surface area is 120 Å². The molecule has 0 aliphatic carbocycles. The Morgan fingerprint density at radius 1 is 1.35 bits per heavy atom. The molecule has 6 nitrogen and oxygen atoms in total. The maximum absolute atomic E-state index is 11.8. The number of hydrogen-bond donors (Lipinski definition) is 2. The normalized spacial score (nSPS) is 19.8. The van der Waals surface area contributed by atoms with Crippen molar-refractivity contribution in [1.82, 2.24) is 10.2 Å². The van der Waals surface area contributed by atoms with Crippen molar-refractivity contribution in [1.29, 1.82) is 0 Å². The minimum absolute atomic E-state index is 0.128. The molecule has 0 radical (unpaired) electrons. The van der Waals surface area contributed by atoms with E-state index in [1.165, 1.54) is 0 Å². The summed E-state index contributed by atoms with van der Waals surface area (Å²) in [4.78, 5) is 24.6. The molecule has 2 N–H and O–H groups in total. The number of amides is 1. The summed E-state index contributed by atoms with van der Waals surface area (Å²) >= 11 is 0. The number of carbonyl (C=O) groups excluding carboxylic acids is 1. The molecule has 6 heteroatoms. The lowest BCUT2D eigenvalue weighted by Crippen LogP contribution is -2.49. The lowest BCUT2D eigenvalue weighted by molar-refractivity contribution is -0.145. The molecule has 0 spiro atoms. The SMILES string of the molecule is CCCCOCCNC(=O)CN1CCCCC1C(=O)O. The van der Waals surface area contributed by atoms with Crippen molar-refractivity contribution in [2.75, 3.05) is 32.8 Å². The van der Waals surface area contributed by atoms with E-state index in [4.69, 9.17) is 9.84 Å². The first kappa shape index (κ1) is 16.9. The smallest absolute Gasteiger partial charge is 0.320 e. The topological polar surface area (TPSA) is 78.9 Å². The monoisotopic (exact) mass is 286 g/mol. The molecule has 0 saturated carbocycles. The van der Waals surface area contributed by atoms with Gasteiger partial charge in [-0.1, -0.05) is 19.8 Å². The maximum atomic E-state index is 11.8. The average Bonchev–Trinajstić information content (AvgIpc) is 2.43. The summed E-state index contributed by atoms with van der Waals surface area (Å²) in [5, 5.41) is 11.9. The molecule has 20 heavy (non-hydrogen) atoms.